The van der Waals surface area contributed by atoms with Crippen molar-refractivity contribution in [3.8, 4) is 11.3 Å². The van der Waals surface area contributed by atoms with E-state index in [1.54, 1.807) is 18.2 Å². The lowest BCUT2D eigenvalue weighted by molar-refractivity contribution is 0.537. The van der Waals surface area contributed by atoms with Crippen molar-refractivity contribution in [3.63, 3.8) is 0 Å². The third-order valence-electron chi connectivity index (χ3n) is 2.21. The predicted molar refractivity (Wildman–Crippen MR) is 63.8 cm³/mol. The smallest absolute Gasteiger partial charge is 0.220 e. The monoisotopic (exact) mass is 248 g/mol. The van der Waals surface area contributed by atoms with Crippen molar-refractivity contribution in [2.24, 2.45) is 0 Å². The molecular weight excluding hydrogens is 238 g/mol. The molecule has 2 rings (SSSR count). The summed E-state index contributed by atoms with van der Waals surface area (Å²) in [5.41, 5.74) is 7.80. The van der Waals surface area contributed by atoms with Crippen LogP contribution < -0.4 is 5.73 Å². The van der Waals surface area contributed by atoms with Crippen molar-refractivity contribution in [2.75, 3.05) is 5.73 Å². The van der Waals surface area contributed by atoms with Gasteiger partial charge in [-0.15, -0.1) is 0 Å². The lowest BCUT2D eigenvalue weighted by Gasteiger charge is -2.07. The second kappa shape index (κ2) is 4.60. The molecular formula is C11H10N3O2S-. The van der Waals surface area contributed by atoms with E-state index in [2.05, 4.69) is 9.97 Å². The zero-order valence-electron chi connectivity index (χ0n) is 9.08. The minimum absolute atomic E-state index is 0.205. The Hall–Kier alpha value is -1.79. The van der Waals surface area contributed by atoms with Gasteiger partial charge in [-0.1, -0.05) is 12.1 Å². The van der Waals surface area contributed by atoms with Gasteiger partial charge in [0.05, 0.1) is 5.69 Å². The van der Waals surface area contributed by atoms with Gasteiger partial charge in [-0.2, -0.15) is 0 Å². The number of nitrogens with zero attached hydrogens (tertiary/aromatic N) is 2. The van der Waals surface area contributed by atoms with E-state index in [9.17, 15) is 8.76 Å². The number of nitrogen functional groups attached to an aromatic ring is 1. The van der Waals surface area contributed by atoms with Crippen LogP contribution in [-0.2, 0) is 11.1 Å². The molecule has 0 aliphatic carbocycles. The maximum Gasteiger partial charge on any atom is 0.220 e. The van der Waals surface area contributed by atoms with Crippen LogP contribution in [0.4, 0.5) is 5.95 Å². The molecule has 0 fully saturated rings. The van der Waals surface area contributed by atoms with Crippen molar-refractivity contribution in [2.45, 2.75) is 11.8 Å². The van der Waals surface area contributed by atoms with Crippen molar-refractivity contribution >= 4 is 17.0 Å². The Morgan fingerprint density at radius 3 is 2.41 bits per heavy atom. The van der Waals surface area contributed by atoms with Crippen molar-refractivity contribution in [3.05, 3.63) is 36.0 Å². The molecule has 0 saturated carbocycles. The molecule has 0 aliphatic heterocycles. The Labute approximate surface area is 101 Å². The molecule has 0 amide bonds. The van der Waals surface area contributed by atoms with Crippen LogP contribution in [0.1, 0.15) is 5.69 Å². The molecule has 2 aromatic rings. The fraction of sp³-hybridized carbons (Fsp3) is 0.0909. The zero-order valence-corrected chi connectivity index (χ0v) is 9.90. The molecule has 0 radical (unpaired) electrons. The molecule has 5 nitrogen and oxygen atoms in total. The molecule has 2 N–H and O–H groups in total. The first-order chi connectivity index (χ1) is 8.06. The third-order valence-corrected chi connectivity index (χ3v) is 2.87. The van der Waals surface area contributed by atoms with Crippen LogP contribution >= 0.6 is 0 Å². The molecule has 0 aliphatic rings. The van der Waals surface area contributed by atoms with Crippen LogP contribution in [0, 0.1) is 6.92 Å². The van der Waals surface area contributed by atoms with Crippen LogP contribution in [0.5, 0.6) is 0 Å². The van der Waals surface area contributed by atoms with Crippen LogP contribution in [0.25, 0.3) is 11.3 Å². The van der Waals surface area contributed by atoms with Crippen LogP contribution in [-0.4, -0.2) is 18.7 Å². The summed E-state index contributed by atoms with van der Waals surface area (Å²) in [5.74, 6) is 0.205. The van der Waals surface area contributed by atoms with Gasteiger partial charge in [-0.25, -0.2) is 9.97 Å². The minimum atomic E-state index is -2.21. The molecule has 0 saturated heterocycles. The summed E-state index contributed by atoms with van der Waals surface area (Å²) in [6.45, 7) is 1.82. The van der Waals surface area contributed by atoms with Crippen molar-refractivity contribution in [1.82, 2.24) is 9.97 Å². The Morgan fingerprint density at radius 2 is 1.88 bits per heavy atom. The number of aromatic nitrogens is 2. The van der Waals surface area contributed by atoms with E-state index in [-0.39, 0.29) is 10.8 Å². The van der Waals surface area contributed by atoms with Crippen LogP contribution in [0.15, 0.2) is 35.2 Å². The Morgan fingerprint density at radius 1 is 1.24 bits per heavy atom. The van der Waals surface area contributed by atoms with Gasteiger partial charge in [-0.05, 0) is 36.2 Å². The first kappa shape index (κ1) is 11.7. The molecule has 0 spiro atoms. The fourth-order valence-corrected chi connectivity index (χ4v) is 1.83. The summed E-state index contributed by atoms with van der Waals surface area (Å²) >= 11 is -2.21. The largest absolute Gasteiger partial charge is 0.768 e. The van der Waals surface area contributed by atoms with E-state index in [1.165, 1.54) is 12.1 Å². The maximum absolute atomic E-state index is 10.7. The number of rotatable bonds is 2. The van der Waals surface area contributed by atoms with Crippen molar-refractivity contribution < 1.29 is 8.76 Å². The van der Waals surface area contributed by atoms with E-state index in [0.717, 1.165) is 11.3 Å². The molecule has 88 valence electrons. The van der Waals surface area contributed by atoms with Gasteiger partial charge in [0.25, 0.3) is 0 Å². The summed E-state index contributed by atoms with van der Waals surface area (Å²) in [6.07, 6.45) is 0. The van der Waals surface area contributed by atoms with Gasteiger partial charge < -0.3 is 10.3 Å². The quantitative estimate of drug-likeness (QED) is 0.808. The SMILES string of the molecule is Cc1cc(-c2ccc(S(=O)[O-])cc2)nc(N)n1. The molecule has 1 aromatic carbocycles. The maximum atomic E-state index is 10.7. The number of hydrogen-bond acceptors (Lipinski definition) is 5. The summed E-state index contributed by atoms with van der Waals surface area (Å²) in [4.78, 5) is 8.31. The average Bonchev–Trinajstić information content (AvgIpc) is 2.28. The number of anilines is 1. The summed E-state index contributed by atoms with van der Waals surface area (Å²) in [5, 5.41) is 0. The van der Waals surface area contributed by atoms with E-state index < -0.39 is 11.1 Å². The summed E-state index contributed by atoms with van der Waals surface area (Å²) < 4.78 is 21.4. The molecule has 1 atom stereocenters. The first-order valence-corrected chi connectivity index (χ1v) is 5.94. The molecule has 0 bridgehead atoms. The summed E-state index contributed by atoms with van der Waals surface area (Å²) in [7, 11) is 0. The second-order valence-corrected chi connectivity index (χ2v) is 4.45. The number of aryl methyl sites for hydroxylation is 1. The number of nitrogens with two attached hydrogens (primary N) is 1. The van der Waals surface area contributed by atoms with Crippen LogP contribution in [0.2, 0.25) is 0 Å². The lowest BCUT2D eigenvalue weighted by atomic mass is 10.1. The number of hydrogen-bond donors (Lipinski definition) is 1. The normalized spacial score (nSPS) is 12.4. The molecule has 6 heteroatoms. The molecule has 1 heterocycles. The van der Waals surface area contributed by atoms with Gasteiger partial charge in [0.15, 0.2) is 0 Å². The highest BCUT2D eigenvalue weighted by Crippen LogP contribution is 2.19. The standard InChI is InChI=1S/C11H11N3O2S/c1-7-6-10(14-11(12)13-7)8-2-4-9(5-3-8)17(15)16/h2-6H,1H3,(H,15,16)(H2,12,13,14)/p-1. The first-order valence-electron chi connectivity index (χ1n) is 4.87. The van der Waals surface area contributed by atoms with E-state index in [1.807, 2.05) is 6.92 Å². The minimum Gasteiger partial charge on any atom is -0.768 e. The predicted octanol–water partition coefficient (Wildman–Crippen LogP) is 1.27. The average molecular weight is 248 g/mol. The highest BCUT2D eigenvalue weighted by Gasteiger charge is 2.02. The number of benzene rings is 1. The van der Waals surface area contributed by atoms with E-state index in [0.29, 0.717) is 5.69 Å². The van der Waals surface area contributed by atoms with E-state index in [4.69, 9.17) is 5.73 Å². The topological polar surface area (TPSA) is 91.9 Å². The molecule has 1 aromatic heterocycles. The van der Waals surface area contributed by atoms with Gasteiger partial charge in [-0.3, -0.25) is 4.21 Å². The molecule has 17 heavy (non-hydrogen) atoms. The zero-order chi connectivity index (χ0) is 12.4. The van der Waals surface area contributed by atoms with Crippen molar-refractivity contribution in [1.29, 1.82) is 0 Å². The van der Waals surface area contributed by atoms with E-state index >= 15 is 0 Å². The summed E-state index contributed by atoms with van der Waals surface area (Å²) in [6, 6.07) is 8.20. The second-order valence-electron chi connectivity index (χ2n) is 3.51. The van der Waals surface area contributed by atoms with Gasteiger partial charge in [0.2, 0.25) is 5.95 Å². The Kier molecular flexibility index (Phi) is 3.16. The van der Waals surface area contributed by atoms with Gasteiger partial charge >= 0.3 is 0 Å². The molecule has 1 unspecified atom stereocenters. The van der Waals surface area contributed by atoms with Gasteiger partial charge in [0, 0.05) is 16.2 Å². The Balaban J connectivity index is 2.43. The fourth-order valence-electron chi connectivity index (χ4n) is 1.48. The Bertz CT molecular complexity index is 549. The third kappa shape index (κ3) is 2.66. The van der Waals surface area contributed by atoms with Gasteiger partial charge in [0.1, 0.15) is 0 Å². The lowest BCUT2D eigenvalue weighted by Crippen LogP contribution is -1.98. The highest BCUT2D eigenvalue weighted by atomic mass is 32.2. The van der Waals surface area contributed by atoms with Crippen LogP contribution in [0.3, 0.4) is 0 Å². The highest BCUT2D eigenvalue weighted by molar-refractivity contribution is 7.79.